The Balaban J connectivity index is 2.36. The van der Waals surface area contributed by atoms with Gasteiger partial charge in [-0.1, -0.05) is 17.7 Å². The highest BCUT2D eigenvalue weighted by atomic mass is 32.2. The Bertz CT molecular complexity index is 550. The molecule has 1 aliphatic heterocycles. The molecule has 1 fully saturated rings. The molecule has 1 aromatic carbocycles. The first-order valence-electron chi connectivity index (χ1n) is 5.72. The maximum atomic E-state index is 12.3. The average molecular weight is 268 g/mol. The third-order valence-corrected chi connectivity index (χ3v) is 5.03. The van der Waals surface area contributed by atoms with Crippen LogP contribution in [0.4, 0.5) is 0 Å². The second kappa shape index (κ2) is 4.70. The fourth-order valence-electron chi connectivity index (χ4n) is 2.11. The van der Waals surface area contributed by atoms with Crippen LogP contribution in [0.25, 0.3) is 0 Å². The van der Waals surface area contributed by atoms with Crippen LogP contribution in [0, 0.1) is 6.92 Å². The molecule has 0 N–H and O–H groups in total. The van der Waals surface area contributed by atoms with Gasteiger partial charge in [0.05, 0.1) is 16.9 Å². The summed E-state index contributed by atoms with van der Waals surface area (Å²) >= 11 is 0. The van der Waals surface area contributed by atoms with Crippen molar-refractivity contribution in [3.8, 4) is 0 Å². The van der Waals surface area contributed by atoms with Gasteiger partial charge in [-0.15, -0.1) is 0 Å². The molecule has 0 unspecified atom stereocenters. The topological polar surface area (TPSA) is 77.5 Å². The van der Waals surface area contributed by atoms with Crippen LogP contribution in [0.1, 0.15) is 18.4 Å². The lowest BCUT2D eigenvalue weighted by molar-refractivity contribution is -0.309. The first-order valence-corrected chi connectivity index (χ1v) is 7.16. The molecule has 0 spiro atoms. The Labute approximate surface area is 106 Å². The largest absolute Gasteiger partial charge is 0.548 e. The van der Waals surface area contributed by atoms with Crippen LogP contribution in [-0.4, -0.2) is 31.3 Å². The summed E-state index contributed by atoms with van der Waals surface area (Å²) < 4.78 is 25.6. The van der Waals surface area contributed by atoms with Crippen LogP contribution in [0.2, 0.25) is 0 Å². The minimum Gasteiger partial charge on any atom is -0.548 e. The van der Waals surface area contributed by atoms with Crippen molar-refractivity contribution in [2.75, 3.05) is 6.54 Å². The molecule has 0 bridgehead atoms. The SMILES string of the molecule is Cc1ccc(S(=O)(=O)N2CCC[C@H]2C(=O)[O-])cc1. The van der Waals surface area contributed by atoms with E-state index in [9.17, 15) is 18.3 Å². The Morgan fingerprint density at radius 3 is 2.50 bits per heavy atom. The van der Waals surface area contributed by atoms with Gasteiger partial charge in [0, 0.05) is 6.54 Å². The molecule has 0 saturated carbocycles. The zero-order chi connectivity index (χ0) is 13.3. The van der Waals surface area contributed by atoms with Gasteiger partial charge in [-0.25, -0.2) is 8.42 Å². The standard InChI is InChI=1S/C12H15NO4S/c1-9-4-6-10(7-5-9)18(16,17)13-8-2-3-11(13)12(14)15/h4-7,11H,2-3,8H2,1H3,(H,14,15)/p-1/t11-/m0/s1. The highest BCUT2D eigenvalue weighted by molar-refractivity contribution is 7.89. The van der Waals surface area contributed by atoms with Crippen molar-refractivity contribution >= 4 is 16.0 Å². The molecule has 1 saturated heterocycles. The second-order valence-electron chi connectivity index (χ2n) is 4.41. The van der Waals surface area contributed by atoms with E-state index in [2.05, 4.69) is 0 Å². The quantitative estimate of drug-likeness (QED) is 0.767. The van der Waals surface area contributed by atoms with Crippen LogP contribution in [0.3, 0.4) is 0 Å². The zero-order valence-electron chi connectivity index (χ0n) is 10.00. The summed E-state index contributed by atoms with van der Waals surface area (Å²) in [6, 6.07) is 5.33. The van der Waals surface area contributed by atoms with Crippen LogP contribution in [0.5, 0.6) is 0 Å². The van der Waals surface area contributed by atoms with Gasteiger partial charge < -0.3 is 9.90 Å². The van der Waals surface area contributed by atoms with Gasteiger partial charge >= 0.3 is 0 Å². The molecule has 1 aliphatic rings. The number of carboxylic acid groups (broad SMARTS) is 1. The van der Waals surface area contributed by atoms with Gasteiger partial charge in [0.2, 0.25) is 10.0 Å². The number of hydrogen-bond acceptors (Lipinski definition) is 4. The number of hydrogen-bond donors (Lipinski definition) is 0. The van der Waals surface area contributed by atoms with Crippen LogP contribution >= 0.6 is 0 Å². The summed E-state index contributed by atoms with van der Waals surface area (Å²) in [6.07, 6.45) is 0.858. The van der Waals surface area contributed by atoms with E-state index < -0.39 is 22.0 Å². The number of carbonyl (C=O) groups excluding carboxylic acids is 1. The van der Waals surface area contributed by atoms with Gasteiger partial charge in [-0.3, -0.25) is 0 Å². The van der Waals surface area contributed by atoms with Crippen molar-refractivity contribution in [2.45, 2.75) is 30.7 Å². The van der Waals surface area contributed by atoms with Crippen molar-refractivity contribution < 1.29 is 18.3 Å². The third kappa shape index (κ3) is 2.26. The lowest BCUT2D eigenvalue weighted by Gasteiger charge is -2.24. The number of nitrogens with zero attached hydrogens (tertiary/aromatic N) is 1. The fourth-order valence-corrected chi connectivity index (χ4v) is 3.76. The molecule has 2 rings (SSSR count). The van der Waals surface area contributed by atoms with E-state index in [1.165, 1.54) is 12.1 Å². The first-order chi connectivity index (χ1) is 8.43. The summed E-state index contributed by atoms with van der Waals surface area (Å²) in [4.78, 5) is 11.1. The maximum absolute atomic E-state index is 12.3. The van der Waals surface area contributed by atoms with Gasteiger partial charge in [0.15, 0.2) is 0 Å². The number of carbonyl (C=O) groups is 1. The summed E-state index contributed by atoms with van der Waals surface area (Å²) in [6.45, 7) is 2.09. The summed E-state index contributed by atoms with van der Waals surface area (Å²) in [5.74, 6) is -1.33. The minimum absolute atomic E-state index is 0.126. The van der Waals surface area contributed by atoms with Gasteiger partial charge in [-0.2, -0.15) is 4.31 Å². The molecule has 6 heteroatoms. The Morgan fingerprint density at radius 2 is 1.94 bits per heavy atom. The number of rotatable bonds is 3. The Kier molecular flexibility index (Phi) is 3.41. The highest BCUT2D eigenvalue weighted by Gasteiger charge is 2.35. The van der Waals surface area contributed by atoms with E-state index in [0.717, 1.165) is 9.87 Å². The predicted molar refractivity (Wildman–Crippen MR) is 63.1 cm³/mol. The van der Waals surface area contributed by atoms with Crippen molar-refractivity contribution in [1.29, 1.82) is 0 Å². The van der Waals surface area contributed by atoms with E-state index >= 15 is 0 Å². The Morgan fingerprint density at radius 1 is 1.33 bits per heavy atom. The molecule has 0 amide bonds. The lowest BCUT2D eigenvalue weighted by atomic mass is 10.2. The third-order valence-electron chi connectivity index (χ3n) is 3.10. The van der Waals surface area contributed by atoms with E-state index in [1.807, 2.05) is 6.92 Å². The summed E-state index contributed by atoms with van der Waals surface area (Å²) in [7, 11) is -3.74. The summed E-state index contributed by atoms with van der Waals surface area (Å²) in [5.41, 5.74) is 0.951. The normalized spacial score (nSPS) is 21.1. The van der Waals surface area contributed by atoms with Crippen molar-refractivity contribution in [3.63, 3.8) is 0 Å². The highest BCUT2D eigenvalue weighted by Crippen LogP contribution is 2.25. The van der Waals surface area contributed by atoms with E-state index in [-0.39, 0.29) is 11.4 Å². The molecule has 0 radical (unpaired) electrons. The zero-order valence-corrected chi connectivity index (χ0v) is 10.8. The fraction of sp³-hybridized carbons (Fsp3) is 0.417. The van der Waals surface area contributed by atoms with E-state index in [0.29, 0.717) is 12.8 Å². The molecule has 5 nitrogen and oxygen atoms in total. The first kappa shape index (κ1) is 13.0. The number of carboxylic acids is 1. The number of sulfonamides is 1. The van der Waals surface area contributed by atoms with Gasteiger partial charge in [-0.05, 0) is 31.9 Å². The van der Waals surface area contributed by atoms with E-state index in [4.69, 9.17) is 0 Å². The van der Waals surface area contributed by atoms with Crippen LogP contribution in [-0.2, 0) is 14.8 Å². The van der Waals surface area contributed by atoms with Gasteiger partial charge in [0.25, 0.3) is 0 Å². The monoisotopic (exact) mass is 268 g/mol. The predicted octanol–water partition coefficient (Wildman–Crippen LogP) is -0.102. The average Bonchev–Trinajstić information content (AvgIpc) is 2.79. The molecule has 1 heterocycles. The summed E-state index contributed by atoms with van der Waals surface area (Å²) in [5, 5.41) is 10.9. The van der Waals surface area contributed by atoms with Crippen molar-refractivity contribution in [2.24, 2.45) is 0 Å². The molecule has 18 heavy (non-hydrogen) atoms. The molecule has 0 aliphatic carbocycles. The maximum Gasteiger partial charge on any atom is 0.243 e. The number of benzene rings is 1. The minimum atomic E-state index is -3.74. The molecule has 1 atom stereocenters. The molecular weight excluding hydrogens is 254 g/mol. The van der Waals surface area contributed by atoms with Crippen molar-refractivity contribution in [3.05, 3.63) is 29.8 Å². The molecular formula is C12H14NO4S-. The lowest BCUT2D eigenvalue weighted by Crippen LogP contribution is -2.46. The van der Waals surface area contributed by atoms with Crippen LogP contribution < -0.4 is 5.11 Å². The molecule has 1 aromatic rings. The Hall–Kier alpha value is -1.40. The molecule has 0 aromatic heterocycles. The number of aliphatic carboxylic acids is 1. The van der Waals surface area contributed by atoms with Crippen molar-refractivity contribution in [1.82, 2.24) is 4.31 Å². The van der Waals surface area contributed by atoms with Crippen LogP contribution in [0.15, 0.2) is 29.2 Å². The van der Waals surface area contributed by atoms with E-state index in [1.54, 1.807) is 12.1 Å². The second-order valence-corrected chi connectivity index (χ2v) is 6.30. The molecule has 98 valence electrons. The smallest absolute Gasteiger partial charge is 0.243 e. The number of aryl methyl sites for hydroxylation is 1. The van der Waals surface area contributed by atoms with Gasteiger partial charge in [0.1, 0.15) is 0 Å².